The van der Waals surface area contributed by atoms with E-state index in [-0.39, 0.29) is 42.0 Å². The highest BCUT2D eigenvalue weighted by atomic mass is 32.2. The number of ether oxygens (including phenoxy) is 2. The second kappa shape index (κ2) is 15.7. The molecule has 1 spiro atoms. The Morgan fingerprint density at radius 2 is 1.78 bits per heavy atom. The van der Waals surface area contributed by atoms with Gasteiger partial charge in [0.15, 0.2) is 0 Å². The second-order valence-corrected chi connectivity index (χ2v) is 15.1. The number of hydrogen-bond donors (Lipinski definition) is 1. The van der Waals surface area contributed by atoms with Gasteiger partial charge in [-0.05, 0) is 49.1 Å². The van der Waals surface area contributed by atoms with Gasteiger partial charge in [0.05, 0.1) is 49.1 Å². The topological polar surface area (TPSA) is 103 Å². The van der Waals surface area contributed by atoms with Crippen LogP contribution in [0.25, 0.3) is 0 Å². The van der Waals surface area contributed by atoms with Gasteiger partial charge in [0.2, 0.25) is 17.7 Å². The lowest BCUT2D eigenvalue weighted by molar-refractivity contribution is -0.146. The summed E-state index contributed by atoms with van der Waals surface area (Å²) in [5, 5.41) is 10.8. The minimum Gasteiger partial charge on any atom is -0.494 e. The van der Waals surface area contributed by atoms with Gasteiger partial charge in [0.1, 0.15) is 11.8 Å². The summed E-state index contributed by atoms with van der Waals surface area (Å²) in [5.74, 6) is -1.25. The Bertz CT molecular complexity index is 1530. The third-order valence-electron chi connectivity index (χ3n) is 10.9. The molecule has 11 heteroatoms. The molecule has 4 aliphatic heterocycles. The molecular formula is C39H50N4O6S. The molecule has 3 unspecified atom stereocenters. The zero-order valence-corrected chi connectivity index (χ0v) is 30.0. The maximum Gasteiger partial charge on any atom is 0.247 e. The molecule has 10 nitrogen and oxygen atoms in total. The Balaban J connectivity index is 1.40. The molecule has 4 heterocycles. The van der Waals surface area contributed by atoms with E-state index in [4.69, 9.17) is 9.47 Å². The quantitative estimate of drug-likeness (QED) is 0.278. The van der Waals surface area contributed by atoms with Crippen molar-refractivity contribution in [3.8, 4) is 5.75 Å². The summed E-state index contributed by atoms with van der Waals surface area (Å²) in [7, 11) is 0. The number of rotatable bonds is 15. The maximum absolute atomic E-state index is 15.1. The molecule has 6 rings (SSSR count). The Morgan fingerprint density at radius 1 is 1.08 bits per heavy atom. The summed E-state index contributed by atoms with van der Waals surface area (Å²) in [4.78, 5) is 52.5. The zero-order valence-electron chi connectivity index (χ0n) is 29.2. The number of carbonyl (C=O) groups excluding carboxylic acids is 3. The lowest BCUT2D eigenvalue weighted by atomic mass is 9.65. The van der Waals surface area contributed by atoms with Gasteiger partial charge in [-0.1, -0.05) is 49.4 Å². The van der Waals surface area contributed by atoms with Crippen LogP contribution in [0.2, 0.25) is 0 Å². The van der Waals surface area contributed by atoms with Crippen LogP contribution in [0.1, 0.15) is 31.9 Å². The van der Waals surface area contributed by atoms with E-state index in [2.05, 4.69) is 25.0 Å². The number of thioether (sulfide) groups is 1. The van der Waals surface area contributed by atoms with E-state index in [0.29, 0.717) is 57.3 Å². The number of morpholine rings is 1. The number of aliphatic hydroxyl groups excluding tert-OH is 1. The molecule has 2 aromatic carbocycles. The summed E-state index contributed by atoms with van der Waals surface area (Å²) in [6.07, 6.45) is 4.13. The first-order valence-corrected chi connectivity index (χ1v) is 18.7. The smallest absolute Gasteiger partial charge is 0.247 e. The van der Waals surface area contributed by atoms with Crippen molar-refractivity contribution < 1.29 is 29.0 Å². The van der Waals surface area contributed by atoms with Crippen LogP contribution in [-0.4, -0.2) is 119 Å². The highest BCUT2D eigenvalue weighted by molar-refractivity contribution is 8.02. The first kappa shape index (κ1) is 36.2. The van der Waals surface area contributed by atoms with Crippen molar-refractivity contribution >= 4 is 35.2 Å². The first-order chi connectivity index (χ1) is 24.3. The molecule has 4 aliphatic rings. The molecule has 268 valence electrons. The van der Waals surface area contributed by atoms with Crippen LogP contribution in [-0.2, 0) is 19.1 Å². The van der Waals surface area contributed by atoms with Crippen molar-refractivity contribution in [1.82, 2.24) is 14.7 Å². The first-order valence-electron chi connectivity index (χ1n) is 17.8. The van der Waals surface area contributed by atoms with Gasteiger partial charge in [-0.15, -0.1) is 24.9 Å². The van der Waals surface area contributed by atoms with Crippen LogP contribution in [0.5, 0.6) is 5.75 Å². The van der Waals surface area contributed by atoms with E-state index in [9.17, 15) is 9.90 Å². The molecule has 0 aliphatic carbocycles. The molecular weight excluding hydrogens is 653 g/mol. The predicted octanol–water partition coefficient (Wildman–Crippen LogP) is 4.02. The number of likely N-dealkylation sites (tertiary alicyclic amines) is 1. The van der Waals surface area contributed by atoms with Crippen molar-refractivity contribution in [2.75, 3.05) is 70.6 Å². The molecule has 50 heavy (non-hydrogen) atoms. The molecule has 2 aromatic rings. The minimum absolute atomic E-state index is 0.0206. The molecule has 0 aromatic heterocycles. The average molecular weight is 703 g/mol. The molecule has 2 bridgehead atoms. The highest BCUT2D eigenvalue weighted by Gasteiger charge is 2.77. The SMILES string of the molecule is C=CCN(CCN1CCOCC1)C(=O)C1N([C@H](CO)c2ccccc2)C(=O)[C@@H]2[C@@H](C(=O)N(CC=C)c3ccc(OCC)cc3)[C@H]3CC(C)C12S3. The number of fused-ring (bicyclic) bond motifs is 1. The monoisotopic (exact) mass is 702 g/mol. The molecule has 1 N–H and O–H groups in total. The lowest BCUT2D eigenvalue weighted by Crippen LogP contribution is -2.58. The Kier molecular flexibility index (Phi) is 11.4. The fourth-order valence-electron chi connectivity index (χ4n) is 8.61. The number of benzene rings is 2. The molecule has 0 radical (unpaired) electrons. The predicted molar refractivity (Wildman–Crippen MR) is 196 cm³/mol. The lowest BCUT2D eigenvalue weighted by Gasteiger charge is -2.42. The van der Waals surface area contributed by atoms with Crippen LogP contribution < -0.4 is 9.64 Å². The molecule has 0 saturated carbocycles. The van der Waals surface area contributed by atoms with Gasteiger partial charge in [-0.3, -0.25) is 19.3 Å². The second-order valence-electron chi connectivity index (χ2n) is 13.6. The van der Waals surface area contributed by atoms with Crippen molar-refractivity contribution in [3.63, 3.8) is 0 Å². The van der Waals surface area contributed by atoms with Gasteiger partial charge in [-0.25, -0.2) is 0 Å². The van der Waals surface area contributed by atoms with Crippen molar-refractivity contribution in [2.45, 2.75) is 42.3 Å². The number of nitrogens with zero attached hydrogens (tertiary/aromatic N) is 4. The molecule has 3 amide bonds. The Labute approximate surface area is 300 Å². The van der Waals surface area contributed by atoms with Crippen molar-refractivity contribution in [3.05, 3.63) is 85.5 Å². The van der Waals surface area contributed by atoms with E-state index < -0.39 is 28.7 Å². The van der Waals surface area contributed by atoms with E-state index in [1.54, 1.807) is 33.7 Å². The van der Waals surface area contributed by atoms with E-state index in [0.717, 1.165) is 18.7 Å². The Hall–Kier alpha value is -3.64. The van der Waals surface area contributed by atoms with Gasteiger partial charge >= 0.3 is 0 Å². The van der Waals surface area contributed by atoms with E-state index >= 15 is 9.59 Å². The molecule has 7 atom stereocenters. The zero-order chi connectivity index (χ0) is 35.4. The number of aliphatic hydroxyl groups is 1. The van der Waals surface area contributed by atoms with E-state index in [1.165, 1.54) is 0 Å². The molecule has 4 fully saturated rings. The van der Waals surface area contributed by atoms with Gasteiger partial charge < -0.3 is 29.3 Å². The van der Waals surface area contributed by atoms with Crippen LogP contribution in [0.4, 0.5) is 5.69 Å². The van der Waals surface area contributed by atoms with E-state index in [1.807, 2.05) is 66.4 Å². The van der Waals surface area contributed by atoms with Crippen molar-refractivity contribution in [1.29, 1.82) is 0 Å². The number of carbonyl (C=O) groups is 3. The fourth-order valence-corrected chi connectivity index (χ4v) is 11.0. The third-order valence-corrected chi connectivity index (χ3v) is 13.0. The summed E-state index contributed by atoms with van der Waals surface area (Å²) in [6.45, 7) is 16.8. The summed E-state index contributed by atoms with van der Waals surface area (Å²) >= 11 is 1.64. The largest absolute Gasteiger partial charge is 0.494 e. The summed E-state index contributed by atoms with van der Waals surface area (Å²) < 4.78 is 10.3. The van der Waals surface area contributed by atoms with Gasteiger partial charge in [0.25, 0.3) is 0 Å². The standard InChI is InChI=1S/C39H50N4O6S/c1-5-17-41(20-19-40-21-23-48-24-22-40)38(47)35-39-27(4)25-32(50-39)33(34(39)37(46)43(35)31(26-44)28-11-9-8-10-12-28)36(45)42(18-6-2)29-13-15-30(16-14-29)49-7-3/h5-6,8-16,27,31-35,44H,1-2,7,17-26H2,3-4H3/t27?,31-,32-,33+,34+,35?,39?/m1/s1. The summed E-state index contributed by atoms with van der Waals surface area (Å²) in [6, 6.07) is 15.2. The number of hydrogen-bond acceptors (Lipinski definition) is 8. The van der Waals surface area contributed by atoms with Crippen LogP contribution in [0, 0.1) is 17.8 Å². The summed E-state index contributed by atoms with van der Waals surface area (Å²) in [5.41, 5.74) is 1.44. The van der Waals surface area contributed by atoms with Crippen molar-refractivity contribution in [2.24, 2.45) is 17.8 Å². The molecule has 4 saturated heterocycles. The number of amides is 3. The minimum atomic E-state index is -0.872. The van der Waals surface area contributed by atoms with Crippen LogP contribution in [0.15, 0.2) is 79.9 Å². The van der Waals surface area contributed by atoms with Crippen LogP contribution in [0.3, 0.4) is 0 Å². The maximum atomic E-state index is 15.1. The third kappa shape index (κ3) is 6.49. The van der Waals surface area contributed by atoms with Crippen LogP contribution >= 0.6 is 11.8 Å². The number of anilines is 1. The van der Waals surface area contributed by atoms with Gasteiger partial charge in [0, 0.05) is 50.2 Å². The van der Waals surface area contributed by atoms with Gasteiger partial charge in [-0.2, -0.15) is 0 Å². The normalized spacial score (nSPS) is 27.9. The Morgan fingerprint density at radius 3 is 2.42 bits per heavy atom. The fraction of sp³-hybridized carbons (Fsp3) is 0.513. The average Bonchev–Trinajstić information content (AvgIpc) is 3.74. The highest BCUT2D eigenvalue weighted by Crippen LogP contribution is 2.69.